The Morgan fingerprint density at radius 1 is 1.26 bits per heavy atom. The lowest BCUT2D eigenvalue weighted by Gasteiger charge is -2.39. The summed E-state index contributed by atoms with van der Waals surface area (Å²) in [7, 11) is 0. The Morgan fingerprint density at radius 3 is 2.57 bits per heavy atom. The van der Waals surface area contributed by atoms with Crippen LogP contribution in [0.5, 0.6) is 0 Å². The lowest BCUT2D eigenvalue weighted by molar-refractivity contribution is -0.140. The first kappa shape index (κ1) is 17.5. The van der Waals surface area contributed by atoms with Gasteiger partial charge in [0.2, 0.25) is 11.8 Å². The van der Waals surface area contributed by atoms with E-state index >= 15 is 0 Å². The monoisotopic (exact) mass is 317 g/mol. The van der Waals surface area contributed by atoms with Crippen molar-refractivity contribution in [3.8, 4) is 0 Å². The minimum Gasteiger partial charge on any atom is -0.338 e. The molecule has 1 saturated heterocycles. The van der Waals surface area contributed by atoms with Gasteiger partial charge in [-0.2, -0.15) is 0 Å². The van der Waals surface area contributed by atoms with E-state index < -0.39 is 0 Å². The molecule has 1 N–H and O–H groups in total. The van der Waals surface area contributed by atoms with Crippen LogP contribution < -0.4 is 5.32 Å². The molecule has 0 unspecified atom stereocenters. The zero-order valence-electron chi connectivity index (χ0n) is 14.3. The molecule has 2 rings (SSSR count). The molecule has 126 valence electrons. The summed E-state index contributed by atoms with van der Waals surface area (Å²) in [5, 5.41) is 3.39. The fourth-order valence-corrected chi connectivity index (χ4v) is 2.87. The van der Waals surface area contributed by atoms with E-state index in [-0.39, 0.29) is 23.9 Å². The molecule has 0 saturated carbocycles. The van der Waals surface area contributed by atoms with Crippen molar-refractivity contribution in [2.45, 2.75) is 32.7 Å². The van der Waals surface area contributed by atoms with Crippen molar-refractivity contribution in [3.05, 3.63) is 35.9 Å². The maximum Gasteiger partial charge on any atom is 0.242 e. The molecule has 5 heteroatoms. The summed E-state index contributed by atoms with van der Waals surface area (Å²) in [5.41, 5.74) is 1.11. The first-order valence-corrected chi connectivity index (χ1v) is 8.20. The van der Waals surface area contributed by atoms with E-state index in [2.05, 4.69) is 19.2 Å². The minimum atomic E-state index is -0.0704. The van der Waals surface area contributed by atoms with E-state index in [9.17, 15) is 9.59 Å². The third kappa shape index (κ3) is 5.36. The van der Waals surface area contributed by atoms with E-state index in [1.165, 1.54) is 12.5 Å². The molecule has 1 heterocycles. The van der Waals surface area contributed by atoms with Crippen LogP contribution in [0.25, 0.3) is 0 Å². The molecule has 5 nitrogen and oxygen atoms in total. The summed E-state index contributed by atoms with van der Waals surface area (Å²) in [6, 6.07) is 10.0. The summed E-state index contributed by atoms with van der Waals surface area (Å²) >= 11 is 0. The predicted octanol–water partition coefficient (Wildman–Crippen LogP) is 1.29. The molecular formula is C18H27N3O2. The maximum atomic E-state index is 12.5. The van der Waals surface area contributed by atoms with Crippen LogP contribution in [0.2, 0.25) is 0 Å². The standard InChI is InChI=1S/C18H27N3O2/c1-15(22)20(11-9-16-7-5-4-6-8-16)13-17(23)21-12-10-19-18(2,3)14-21/h4-8,19H,9-14H2,1-3H3. The van der Waals surface area contributed by atoms with Crippen LogP contribution in [-0.2, 0) is 16.0 Å². The molecule has 0 aromatic heterocycles. The molecule has 1 fully saturated rings. The second-order valence-electron chi connectivity index (χ2n) is 6.80. The number of amides is 2. The van der Waals surface area contributed by atoms with Gasteiger partial charge in [0.25, 0.3) is 0 Å². The van der Waals surface area contributed by atoms with Crippen molar-refractivity contribution in [2.75, 3.05) is 32.7 Å². The van der Waals surface area contributed by atoms with E-state index in [0.29, 0.717) is 19.6 Å². The Morgan fingerprint density at radius 2 is 1.96 bits per heavy atom. The van der Waals surface area contributed by atoms with Crippen molar-refractivity contribution < 1.29 is 9.59 Å². The average Bonchev–Trinajstić information content (AvgIpc) is 2.51. The number of nitrogens with zero attached hydrogens (tertiary/aromatic N) is 2. The molecular weight excluding hydrogens is 290 g/mol. The Labute approximate surface area is 138 Å². The molecule has 1 aromatic rings. The molecule has 0 aliphatic carbocycles. The molecule has 2 amide bonds. The summed E-state index contributed by atoms with van der Waals surface area (Å²) < 4.78 is 0. The first-order valence-electron chi connectivity index (χ1n) is 8.20. The quantitative estimate of drug-likeness (QED) is 0.890. The third-order valence-electron chi connectivity index (χ3n) is 4.21. The number of benzene rings is 1. The molecule has 23 heavy (non-hydrogen) atoms. The Balaban J connectivity index is 1.91. The SMILES string of the molecule is CC(=O)N(CCc1ccccc1)CC(=O)N1CCNC(C)(C)C1. The topological polar surface area (TPSA) is 52.7 Å². The van der Waals surface area contributed by atoms with Crippen molar-refractivity contribution in [2.24, 2.45) is 0 Å². The molecule has 1 aliphatic rings. The first-order chi connectivity index (χ1) is 10.9. The second-order valence-corrected chi connectivity index (χ2v) is 6.80. The Hall–Kier alpha value is -1.88. The van der Waals surface area contributed by atoms with Gasteiger partial charge >= 0.3 is 0 Å². The highest BCUT2D eigenvalue weighted by Gasteiger charge is 2.29. The number of hydrogen-bond acceptors (Lipinski definition) is 3. The van der Waals surface area contributed by atoms with Crippen molar-refractivity contribution in [1.82, 2.24) is 15.1 Å². The van der Waals surface area contributed by atoms with Crippen LogP contribution in [0.4, 0.5) is 0 Å². The van der Waals surface area contributed by atoms with Crippen LogP contribution >= 0.6 is 0 Å². The van der Waals surface area contributed by atoms with E-state index in [1.807, 2.05) is 35.2 Å². The van der Waals surface area contributed by atoms with Gasteiger partial charge < -0.3 is 15.1 Å². The van der Waals surface area contributed by atoms with Gasteiger partial charge in [0.1, 0.15) is 0 Å². The zero-order valence-corrected chi connectivity index (χ0v) is 14.3. The van der Waals surface area contributed by atoms with Crippen molar-refractivity contribution in [1.29, 1.82) is 0 Å². The average molecular weight is 317 g/mol. The highest BCUT2D eigenvalue weighted by Crippen LogP contribution is 2.11. The van der Waals surface area contributed by atoms with Gasteiger partial charge in [0, 0.05) is 38.6 Å². The van der Waals surface area contributed by atoms with E-state index in [4.69, 9.17) is 0 Å². The summed E-state index contributed by atoms with van der Waals surface area (Å²) in [6.07, 6.45) is 0.765. The highest BCUT2D eigenvalue weighted by molar-refractivity contribution is 5.84. The summed E-state index contributed by atoms with van der Waals surface area (Å²) in [6.45, 7) is 8.61. The Kier molecular flexibility index (Phi) is 5.77. The third-order valence-corrected chi connectivity index (χ3v) is 4.21. The molecule has 0 radical (unpaired) electrons. The van der Waals surface area contributed by atoms with Gasteiger partial charge in [-0.25, -0.2) is 0 Å². The minimum absolute atomic E-state index is 0.0304. The normalized spacial score (nSPS) is 16.9. The number of hydrogen-bond donors (Lipinski definition) is 1. The van der Waals surface area contributed by atoms with Gasteiger partial charge in [-0.15, -0.1) is 0 Å². The van der Waals surface area contributed by atoms with Crippen LogP contribution in [0, 0.1) is 0 Å². The van der Waals surface area contributed by atoms with E-state index in [0.717, 1.165) is 13.0 Å². The number of rotatable bonds is 5. The van der Waals surface area contributed by atoms with Crippen LogP contribution in [0.15, 0.2) is 30.3 Å². The Bertz CT molecular complexity index is 542. The van der Waals surface area contributed by atoms with E-state index in [1.54, 1.807) is 4.90 Å². The van der Waals surface area contributed by atoms with Crippen LogP contribution in [-0.4, -0.2) is 59.9 Å². The lowest BCUT2D eigenvalue weighted by Crippen LogP contribution is -2.59. The zero-order chi connectivity index (χ0) is 16.9. The summed E-state index contributed by atoms with van der Waals surface area (Å²) in [5.74, 6) is -0.0217. The number of nitrogens with one attached hydrogen (secondary N) is 1. The maximum absolute atomic E-state index is 12.5. The van der Waals surface area contributed by atoms with Gasteiger partial charge in [-0.05, 0) is 25.8 Å². The van der Waals surface area contributed by atoms with Crippen LogP contribution in [0.1, 0.15) is 26.3 Å². The predicted molar refractivity (Wildman–Crippen MR) is 91.1 cm³/mol. The molecule has 0 atom stereocenters. The van der Waals surface area contributed by atoms with Gasteiger partial charge in [-0.1, -0.05) is 30.3 Å². The van der Waals surface area contributed by atoms with Crippen LogP contribution in [0.3, 0.4) is 0 Å². The van der Waals surface area contributed by atoms with Crippen molar-refractivity contribution >= 4 is 11.8 Å². The number of piperazine rings is 1. The van der Waals surface area contributed by atoms with Gasteiger partial charge in [0.15, 0.2) is 0 Å². The fourth-order valence-electron chi connectivity index (χ4n) is 2.87. The van der Waals surface area contributed by atoms with Crippen molar-refractivity contribution in [3.63, 3.8) is 0 Å². The second kappa shape index (κ2) is 7.59. The molecule has 0 bridgehead atoms. The summed E-state index contributed by atoms with van der Waals surface area (Å²) in [4.78, 5) is 27.9. The fraction of sp³-hybridized carbons (Fsp3) is 0.556. The van der Waals surface area contributed by atoms with Gasteiger partial charge in [-0.3, -0.25) is 9.59 Å². The highest BCUT2D eigenvalue weighted by atomic mass is 16.2. The molecule has 1 aliphatic heterocycles. The molecule has 0 spiro atoms. The smallest absolute Gasteiger partial charge is 0.242 e. The molecule has 1 aromatic carbocycles. The number of carbonyl (C=O) groups is 2. The van der Waals surface area contributed by atoms with Gasteiger partial charge in [0.05, 0.1) is 6.54 Å². The number of carbonyl (C=O) groups excluding carboxylic acids is 2. The lowest BCUT2D eigenvalue weighted by atomic mass is 10.0. The largest absolute Gasteiger partial charge is 0.338 e.